The zero-order chi connectivity index (χ0) is 18.1. The van der Waals surface area contributed by atoms with Crippen molar-refractivity contribution >= 4 is 5.91 Å². The lowest BCUT2D eigenvalue weighted by Gasteiger charge is -2.17. The molecule has 0 spiro atoms. The molecule has 0 N–H and O–H groups in total. The fourth-order valence-corrected chi connectivity index (χ4v) is 3.25. The molecule has 0 saturated carbocycles. The maximum atomic E-state index is 13.5. The summed E-state index contributed by atoms with van der Waals surface area (Å²) in [7, 11) is 0. The Morgan fingerprint density at radius 1 is 1.08 bits per heavy atom. The van der Waals surface area contributed by atoms with E-state index < -0.39 is 11.6 Å². The topological polar surface area (TPSA) is 51.0 Å². The van der Waals surface area contributed by atoms with E-state index in [2.05, 4.69) is 10.1 Å². The highest BCUT2D eigenvalue weighted by Gasteiger charge is 2.31. The number of likely N-dealkylation sites (tertiary alicyclic amines) is 1. The molecule has 1 aliphatic rings. The Balaban J connectivity index is 1.54. The van der Waals surface area contributed by atoms with E-state index in [1.807, 2.05) is 30.3 Å². The van der Waals surface area contributed by atoms with E-state index in [9.17, 15) is 13.6 Å². The number of nitrogens with zero attached hydrogens (tertiary/aromatic N) is 4. The van der Waals surface area contributed by atoms with Gasteiger partial charge in [-0.1, -0.05) is 30.3 Å². The smallest absolute Gasteiger partial charge is 0.223 e. The van der Waals surface area contributed by atoms with Crippen molar-refractivity contribution in [2.24, 2.45) is 0 Å². The van der Waals surface area contributed by atoms with Gasteiger partial charge in [0.2, 0.25) is 5.91 Å². The van der Waals surface area contributed by atoms with Crippen LogP contribution < -0.4 is 0 Å². The van der Waals surface area contributed by atoms with Crippen LogP contribution in [0.25, 0.3) is 5.69 Å². The van der Waals surface area contributed by atoms with Crippen LogP contribution in [0.2, 0.25) is 0 Å². The molecule has 3 aromatic rings. The summed E-state index contributed by atoms with van der Waals surface area (Å²) in [4.78, 5) is 18.3. The highest BCUT2D eigenvalue weighted by Crippen LogP contribution is 2.29. The zero-order valence-corrected chi connectivity index (χ0v) is 13.8. The highest BCUT2D eigenvalue weighted by molar-refractivity contribution is 5.79. The molecule has 1 aliphatic heterocycles. The van der Waals surface area contributed by atoms with Crippen LogP contribution in [0.15, 0.2) is 54.9 Å². The molecular weight excluding hydrogens is 338 g/mol. The molecule has 2 heterocycles. The number of halogens is 2. The Labute approximate surface area is 148 Å². The van der Waals surface area contributed by atoms with Gasteiger partial charge in [0, 0.05) is 24.9 Å². The summed E-state index contributed by atoms with van der Waals surface area (Å²) in [6.45, 7) is 0.856. The van der Waals surface area contributed by atoms with E-state index in [0.29, 0.717) is 24.5 Å². The van der Waals surface area contributed by atoms with E-state index in [4.69, 9.17) is 0 Å². The molecule has 4 rings (SSSR count). The van der Waals surface area contributed by atoms with Gasteiger partial charge in [0.25, 0.3) is 0 Å². The second-order valence-corrected chi connectivity index (χ2v) is 6.27. The molecule has 0 radical (unpaired) electrons. The van der Waals surface area contributed by atoms with Crippen molar-refractivity contribution in [3.05, 3.63) is 77.9 Å². The third-order valence-electron chi connectivity index (χ3n) is 4.58. The van der Waals surface area contributed by atoms with E-state index in [1.54, 1.807) is 4.90 Å². The molecule has 0 aliphatic carbocycles. The number of hydrogen-bond donors (Lipinski definition) is 0. The largest absolute Gasteiger partial charge is 0.335 e. The fourth-order valence-electron chi connectivity index (χ4n) is 3.25. The molecule has 1 atom stereocenters. The van der Waals surface area contributed by atoms with Gasteiger partial charge in [-0.3, -0.25) is 4.79 Å². The summed E-state index contributed by atoms with van der Waals surface area (Å²) >= 11 is 0. The van der Waals surface area contributed by atoms with Crippen LogP contribution in [0.3, 0.4) is 0 Å². The molecule has 7 heteroatoms. The molecule has 0 unspecified atom stereocenters. The quantitative estimate of drug-likeness (QED) is 0.724. The molecule has 1 saturated heterocycles. The minimum atomic E-state index is -0.953. The Kier molecular flexibility index (Phi) is 4.20. The maximum Gasteiger partial charge on any atom is 0.223 e. The first kappa shape index (κ1) is 16.4. The van der Waals surface area contributed by atoms with Gasteiger partial charge in [-0.25, -0.2) is 18.4 Å². The summed E-state index contributed by atoms with van der Waals surface area (Å²) in [5.74, 6) is -1.19. The number of carbonyl (C=O) groups is 1. The maximum absolute atomic E-state index is 13.5. The molecular formula is C19H16F2N4O. The fraction of sp³-hybridized carbons (Fsp3) is 0.211. The van der Waals surface area contributed by atoms with Crippen LogP contribution in [0.4, 0.5) is 8.78 Å². The first-order chi connectivity index (χ1) is 12.6. The van der Waals surface area contributed by atoms with Gasteiger partial charge in [-0.05, 0) is 17.7 Å². The molecule has 1 fully saturated rings. The molecule has 1 amide bonds. The van der Waals surface area contributed by atoms with Crippen LogP contribution in [-0.4, -0.2) is 32.1 Å². The average Bonchev–Trinajstić information content (AvgIpc) is 3.26. The summed E-state index contributed by atoms with van der Waals surface area (Å²) in [5, 5.41) is 4.08. The molecule has 5 nitrogen and oxygen atoms in total. The summed E-state index contributed by atoms with van der Waals surface area (Å²) in [6.07, 6.45) is 1.79. The standard InChI is InChI=1S/C19H16F2N4O/c20-16-7-6-15(9-17(16)21)25-18(22-12-23-25)11-24-10-14(8-19(24)26)13-4-2-1-3-5-13/h1-7,9,12,14H,8,10-11H2/t14-/m1/s1. The van der Waals surface area contributed by atoms with Gasteiger partial charge in [0.05, 0.1) is 12.2 Å². The van der Waals surface area contributed by atoms with Crippen molar-refractivity contribution in [3.8, 4) is 5.69 Å². The number of hydrogen-bond acceptors (Lipinski definition) is 3. The molecule has 26 heavy (non-hydrogen) atoms. The molecule has 0 bridgehead atoms. The van der Waals surface area contributed by atoms with Gasteiger partial charge in [-0.2, -0.15) is 5.10 Å². The lowest BCUT2D eigenvalue weighted by molar-refractivity contribution is -0.128. The predicted molar refractivity (Wildman–Crippen MR) is 90.5 cm³/mol. The van der Waals surface area contributed by atoms with Crippen molar-refractivity contribution in [2.75, 3.05) is 6.54 Å². The highest BCUT2D eigenvalue weighted by atomic mass is 19.2. The monoisotopic (exact) mass is 354 g/mol. The van der Waals surface area contributed by atoms with Gasteiger partial charge >= 0.3 is 0 Å². The molecule has 1 aromatic heterocycles. The van der Waals surface area contributed by atoms with Crippen LogP contribution in [-0.2, 0) is 11.3 Å². The van der Waals surface area contributed by atoms with Crippen LogP contribution >= 0.6 is 0 Å². The number of carbonyl (C=O) groups excluding carboxylic acids is 1. The molecule has 132 valence electrons. The third kappa shape index (κ3) is 3.08. The lowest BCUT2D eigenvalue weighted by atomic mass is 9.99. The van der Waals surface area contributed by atoms with E-state index in [1.165, 1.54) is 17.1 Å². The third-order valence-corrected chi connectivity index (χ3v) is 4.58. The SMILES string of the molecule is O=C1C[C@@H](c2ccccc2)CN1Cc1ncnn1-c1ccc(F)c(F)c1. The van der Waals surface area contributed by atoms with E-state index >= 15 is 0 Å². The first-order valence-corrected chi connectivity index (χ1v) is 8.29. The minimum absolute atomic E-state index is 0.0405. The minimum Gasteiger partial charge on any atom is -0.335 e. The second-order valence-electron chi connectivity index (χ2n) is 6.27. The average molecular weight is 354 g/mol. The Bertz CT molecular complexity index is 942. The van der Waals surface area contributed by atoms with E-state index in [0.717, 1.165) is 17.7 Å². The Morgan fingerprint density at radius 3 is 2.65 bits per heavy atom. The zero-order valence-electron chi connectivity index (χ0n) is 13.8. The Hall–Kier alpha value is -3.09. The van der Waals surface area contributed by atoms with Crippen LogP contribution in [0.1, 0.15) is 23.7 Å². The van der Waals surface area contributed by atoms with Crippen molar-refractivity contribution in [2.45, 2.75) is 18.9 Å². The number of aromatic nitrogens is 3. The summed E-state index contributed by atoms with van der Waals surface area (Å²) in [5.41, 5.74) is 1.49. The van der Waals surface area contributed by atoms with E-state index in [-0.39, 0.29) is 18.4 Å². The van der Waals surface area contributed by atoms with Crippen molar-refractivity contribution in [3.63, 3.8) is 0 Å². The number of rotatable bonds is 4. The van der Waals surface area contributed by atoms with Crippen molar-refractivity contribution in [1.82, 2.24) is 19.7 Å². The summed E-state index contributed by atoms with van der Waals surface area (Å²) in [6, 6.07) is 13.4. The number of benzene rings is 2. The second kappa shape index (κ2) is 6.67. The van der Waals surface area contributed by atoms with Gasteiger partial charge in [0.15, 0.2) is 17.5 Å². The molecule has 2 aromatic carbocycles. The lowest BCUT2D eigenvalue weighted by Crippen LogP contribution is -2.26. The summed E-state index contributed by atoms with van der Waals surface area (Å²) < 4.78 is 28.1. The van der Waals surface area contributed by atoms with Gasteiger partial charge in [-0.15, -0.1) is 0 Å². The first-order valence-electron chi connectivity index (χ1n) is 8.29. The predicted octanol–water partition coefficient (Wildman–Crippen LogP) is 3.06. The van der Waals surface area contributed by atoms with Crippen molar-refractivity contribution in [1.29, 1.82) is 0 Å². The Morgan fingerprint density at radius 2 is 1.88 bits per heavy atom. The van der Waals surface area contributed by atoms with Crippen LogP contribution in [0, 0.1) is 11.6 Å². The van der Waals surface area contributed by atoms with Gasteiger partial charge < -0.3 is 4.90 Å². The number of amides is 1. The van der Waals surface area contributed by atoms with Gasteiger partial charge in [0.1, 0.15) is 6.33 Å². The normalized spacial score (nSPS) is 17.1. The van der Waals surface area contributed by atoms with Crippen LogP contribution in [0.5, 0.6) is 0 Å². The van der Waals surface area contributed by atoms with Crippen molar-refractivity contribution < 1.29 is 13.6 Å².